The molecule has 0 spiro atoms. The largest absolute Gasteiger partial charge is 0.437 e. The molecule has 21 heavy (non-hydrogen) atoms. The summed E-state index contributed by atoms with van der Waals surface area (Å²) in [5.74, 6) is -0.895. The number of halogens is 1. The first-order valence-electron chi connectivity index (χ1n) is 6.19. The summed E-state index contributed by atoms with van der Waals surface area (Å²) in [6.45, 7) is -0.100. The SMILES string of the molecule is O=c1oc(-c2cccs2)nn1CC(O)c1cccc(F)c1. The third-order valence-electron chi connectivity index (χ3n) is 2.92. The van der Waals surface area contributed by atoms with Crippen molar-refractivity contribution in [3.63, 3.8) is 0 Å². The van der Waals surface area contributed by atoms with Gasteiger partial charge in [0.2, 0.25) is 0 Å². The molecular weight excluding hydrogens is 295 g/mol. The van der Waals surface area contributed by atoms with Crippen molar-refractivity contribution >= 4 is 11.3 Å². The van der Waals surface area contributed by atoms with E-state index in [0.29, 0.717) is 5.56 Å². The fourth-order valence-corrected chi connectivity index (χ4v) is 2.55. The van der Waals surface area contributed by atoms with Crippen molar-refractivity contribution in [2.24, 2.45) is 0 Å². The van der Waals surface area contributed by atoms with Crippen LogP contribution in [0.15, 0.2) is 51.0 Å². The zero-order valence-electron chi connectivity index (χ0n) is 10.8. The molecule has 2 heterocycles. The highest BCUT2D eigenvalue weighted by molar-refractivity contribution is 7.13. The van der Waals surface area contributed by atoms with Gasteiger partial charge in [-0.05, 0) is 29.1 Å². The van der Waals surface area contributed by atoms with Crippen molar-refractivity contribution in [3.8, 4) is 10.8 Å². The number of benzene rings is 1. The molecule has 1 N–H and O–H groups in total. The standard InChI is InChI=1S/C14H11FN2O3S/c15-10-4-1-3-9(7-10)11(18)8-17-14(19)20-13(16-17)12-5-2-6-21-12/h1-7,11,18H,8H2. The molecule has 2 aromatic heterocycles. The van der Waals surface area contributed by atoms with Gasteiger partial charge in [-0.3, -0.25) is 0 Å². The lowest BCUT2D eigenvalue weighted by Crippen LogP contribution is -2.20. The lowest BCUT2D eigenvalue weighted by atomic mass is 10.1. The van der Waals surface area contributed by atoms with Crippen LogP contribution in [0.5, 0.6) is 0 Å². The molecule has 3 aromatic rings. The third kappa shape index (κ3) is 2.93. The third-order valence-corrected chi connectivity index (χ3v) is 3.78. The maximum Gasteiger partial charge on any atom is 0.437 e. The summed E-state index contributed by atoms with van der Waals surface area (Å²) in [7, 11) is 0. The lowest BCUT2D eigenvalue weighted by Gasteiger charge is -2.09. The van der Waals surface area contributed by atoms with Crippen molar-refractivity contribution in [3.05, 3.63) is 63.7 Å². The van der Waals surface area contributed by atoms with Gasteiger partial charge in [0.05, 0.1) is 17.5 Å². The molecule has 5 nitrogen and oxygen atoms in total. The van der Waals surface area contributed by atoms with Crippen molar-refractivity contribution in [1.82, 2.24) is 9.78 Å². The number of rotatable bonds is 4. The van der Waals surface area contributed by atoms with Gasteiger partial charge in [0, 0.05) is 0 Å². The van der Waals surface area contributed by atoms with Gasteiger partial charge in [0.15, 0.2) is 0 Å². The molecule has 0 aliphatic rings. The Bertz CT molecular complexity index is 795. The fraction of sp³-hybridized carbons (Fsp3) is 0.143. The quantitative estimate of drug-likeness (QED) is 0.804. The summed E-state index contributed by atoms with van der Waals surface area (Å²) >= 11 is 1.39. The first-order chi connectivity index (χ1) is 10.1. The molecule has 108 valence electrons. The van der Waals surface area contributed by atoms with Gasteiger partial charge in [-0.1, -0.05) is 18.2 Å². The van der Waals surface area contributed by atoms with E-state index in [4.69, 9.17) is 4.42 Å². The van der Waals surface area contributed by atoms with Gasteiger partial charge in [-0.2, -0.15) is 4.68 Å². The highest BCUT2D eigenvalue weighted by Gasteiger charge is 2.15. The molecule has 0 fully saturated rings. The summed E-state index contributed by atoms with van der Waals surface area (Å²) in [6.07, 6.45) is -1.04. The molecule has 0 saturated heterocycles. The van der Waals surface area contributed by atoms with Crippen LogP contribution in [-0.2, 0) is 6.54 Å². The van der Waals surface area contributed by atoms with Crippen LogP contribution in [-0.4, -0.2) is 14.9 Å². The second kappa shape index (κ2) is 5.63. The number of nitrogens with zero attached hydrogens (tertiary/aromatic N) is 2. The van der Waals surface area contributed by atoms with E-state index in [1.807, 2.05) is 11.4 Å². The number of hydrogen-bond acceptors (Lipinski definition) is 5. The summed E-state index contributed by atoms with van der Waals surface area (Å²) in [5, 5.41) is 15.9. The first-order valence-corrected chi connectivity index (χ1v) is 7.07. The van der Waals surface area contributed by atoms with Crippen LogP contribution in [0.1, 0.15) is 11.7 Å². The van der Waals surface area contributed by atoms with Crippen LogP contribution in [0.4, 0.5) is 4.39 Å². The molecule has 1 unspecified atom stereocenters. The maximum atomic E-state index is 13.1. The van der Waals surface area contributed by atoms with E-state index in [2.05, 4.69) is 5.10 Å². The van der Waals surface area contributed by atoms with E-state index in [1.165, 1.54) is 29.5 Å². The van der Waals surface area contributed by atoms with E-state index in [0.717, 1.165) is 9.56 Å². The molecule has 0 bridgehead atoms. The Morgan fingerprint density at radius 1 is 1.38 bits per heavy atom. The molecule has 1 atom stereocenters. The van der Waals surface area contributed by atoms with Crippen LogP contribution < -0.4 is 5.76 Å². The Balaban J connectivity index is 1.83. The smallest absolute Gasteiger partial charge is 0.387 e. The van der Waals surface area contributed by atoms with Crippen LogP contribution in [0.2, 0.25) is 0 Å². The average Bonchev–Trinajstić information content (AvgIpc) is 3.09. The Kier molecular flexibility index (Phi) is 3.68. The predicted octanol–water partition coefficient (Wildman–Crippen LogP) is 2.44. The molecule has 0 saturated carbocycles. The molecular formula is C14H11FN2O3S. The molecule has 7 heteroatoms. The molecule has 0 aliphatic carbocycles. The highest BCUT2D eigenvalue weighted by atomic mass is 32.1. The Morgan fingerprint density at radius 3 is 2.95 bits per heavy atom. The second-order valence-corrected chi connectivity index (χ2v) is 5.35. The molecule has 0 aliphatic heterocycles. The van der Waals surface area contributed by atoms with Crippen LogP contribution in [0, 0.1) is 5.82 Å². The van der Waals surface area contributed by atoms with Gasteiger partial charge in [0.25, 0.3) is 5.89 Å². The fourth-order valence-electron chi connectivity index (χ4n) is 1.90. The highest BCUT2D eigenvalue weighted by Crippen LogP contribution is 2.22. The van der Waals surface area contributed by atoms with Gasteiger partial charge in [0.1, 0.15) is 5.82 Å². The van der Waals surface area contributed by atoms with Crippen molar-refractivity contribution < 1.29 is 13.9 Å². The number of thiophene rings is 1. The van der Waals surface area contributed by atoms with Crippen molar-refractivity contribution in [1.29, 1.82) is 0 Å². The van der Waals surface area contributed by atoms with Crippen LogP contribution in [0.25, 0.3) is 10.8 Å². The topological polar surface area (TPSA) is 68.3 Å². The maximum absolute atomic E-state index is 13.1. The normalized spacial score (nSPS) is 12.5. The molecule has 0 radical (unpaired) electrons. The van der Waals surface area contributed by atoms with E-state index in [1.54, 1.807) is 12.1 Å². The number of aromatic nitrogens is 2. The van der Waals surface area contributed by atoms with Gasteiger partial charge in [-0.25, -0.2) is 9.18 Å². The molecule has 3 rings (SSSR count). The number of aliphatic hydroxyl groups is 1. The monoisotopic (exact) mass is 306 g/mol. The Hall–Kier alpha value is -2.25. The summed E-state index contributed by atoms with van der Waals surface area (Å²) in [4.78, 5) is 12.5. The predicted molar refractivity (Wildman–Crippen MR) is 75.4 cm³/mol. The molecule has 0 amide bonds. The number of aliphatic hydroxyl groups excluding tert-OH is 1. The summed E-state index contributed by atoms with van der Waals surface area (Å²) < 4.78 is 19.2. The average molecular weight is 306 g/mol. The number of hydrogen-bond donors (Lipinski definition) is 1. The van der Waals surface area contributed by atoms with Gasteiger partial charge >= 0.3 is 5.76 Å². The lowest BCUT2D eigenvalue weighted by molar-refractivity contribution is 0.148. The minimum absolute atomic E-state index is 0.100. The summed E-state index contributed by atoms with van der Waals surface area (Å²) in [6, 6.07) is 9.18. The minimum atomic E-state index is -1.04. The van der Waals surface area contributed by atoms with Crippen molar-refractivity contribution in [2.45, 2.75) is 12.6 Å². The van der Waals surface area contributed by atoms with Gasteiger partial charge < -0.3 is 9.52 Å². The Labute approximate surface area is 122 Å². The zero-order chi connectivity index (χ0) is 14.8. The zero-order valence-corrected chi connectivity index (χ0v) is 11.6. The summed E-state index contributed by atoms with van der Waals surface area (Å²) in [5.41, 5.74) is 0.377. The van der Waals surface area contributed by atoms with E-state index >= 15 is 0 Å². The van der Waals surface area contributed by atoms with E-state index in [9.17, 15) is 14.3 Å². The minimum Gasteiger partial charge on any atom is -0.387 e. The first kappa shape index (κ1) is 13.7. The molecule has 1 aromatic carbocycles. The van der Waals surface area contributed by atoms with Crippen LogP contribution in [0.3, 0.4) is 0 Å². The van der Waals surface area contributed by atoms with E-state index in [-0.39, 0.29) is 12.4 Å². The van der Waals surface area contributed by atoms with E-state index < -0.39 is 17.7 Å². The Morgan fingerprint density at radius 2 is 2.24 bits per heavy atom. The van der Waals surface area contributed by atoms with Crippen LogP contribution >= 0.6 is 11.3 Å². The van der Waals surface area contributed by atoms with Crippen molar-refractivity contribution in [2.75, 3.05) is 0 Å². The van der Waals surface area contributed by atoms with Gasteiger partial charge in [-0.15, -0.1) is 16.4 Å². The second-order valence-electron chi connectivity index (χ2n) is 4.40.